The first-order valence-electron chi connectivity index (χ1n) is 6.76. The minimum Gasteiger partial charge on any atom is -0.493 e. The van der Waals surface area contributed by atoms with Gasteiger partial charge in [-0.25, -0.2) is 0 Å². The molecule has 0 atom stereocenters. The predicted molar refractivity (Wildman–Crippen MR) is 82.4 cm³/mol. The third kappa shape index (κ3) is 4.87. The highest BCUT2D eigenvalue weighted by atomic mass is 35.5. The third-order valence-corrected chi connectivity index (χ3v) is 3.17. The van der Waals surface area contributed by atoms with Crippen LogP contribution in [0.3, 0.4) is 0 Å². The Kier molecular flexibility index (Phi) is 5.90. The molecule has 0 fully saturated rings. The van der Waals surface area contributed by atoms with Crippen molar-refractivity contribution in [3.05, 3.63) is 64.7 Å². The topological polar surface area (TPSA) is 18.5 Å². The molecule has 0 N–H and O–H groups in total. The molecule has 2 aromatic rings. The van der Waals surface area contributed by atoms with Crippen LogP contribution in [-0.4, -0.2) is 13.2 Å². The van der Waals surface area contributed by atoms with Crippen LogP contribution >= 0.6 is 11.6 Å². The normalized spacial score (nSPS) is 10.5. The quantitative estimate of drug-likeness (QED) is 0.692. The molecule has 0 radical (unpaired) electrons. The van der Waals surface area contributed by atoms with E-state index < -0.39 is 0 Å². The van der Waals surface area contributed by atoms with Crippen molar-refractivity contribution in [2.45, 2.75) is 20.0 Å². The summed E-state index contributed by atoms with van der Waals surface area (Å²) in [5, 5.41) is 0.737. The molecule has 2 nitrogen and oxygen atoms in total. The monoisotopic (exact) mass is 290 g/mol. The maximum absolute atomic E-state index is 5.90. The Morgan fingerprint density at radius 1 is 1.00 bits per heavy atom. The van der Waals surface area contributed by atoms with E-state index in [0.717, 1.165) is 22.8 Å². The summed E-state index contributed by atoms with van der Waals surface area (Å²) in [6, 6.07) is 15.8. The number of halogens is 1. The highest BCUT2D eigenvalue weighted by Gasteiger charge is 2.00. The first kappa shape index (κ1) is 14.9. The van der Waals surface area contributed by atoms with Crippen LogP contribution in [0.1, 0.15) is 17.5 Å². The molecule has 2 aromatic carbocycles. The second-order valence-corrected chi connectivity index (χ2v) is 5.09. The molecule has 0 spiro atoms. The van der Waals surface area contributed by atoms with Crippen molar-refractivity contribution in [1.82, 2.24) is 0 Å². The highest BCUT2D eigenvalue weighted by molar-refractivity contribution is 6.30. The number of ether oxygens (including phenoxy) is 2. The fraction of sp³-hybridized carbons (Fsp3) is 0.294. The van der Waals surface area contributed by atoms with Gasteiger partial charge in [-0.3, -0.25) is 0 Å². The molecule has 0 amide bonds. The van der Waals surface area contributed by atoms with Crippen LogP contribution in [0.5, 0.6) is 5.75 Å². The minimum absolute atomic E-state index is 0.650. The summed E-state index contributed by atoms with van der Waals surface area (Å²) in [6.07, 6.45) is 0.870. The highest BCUT2D eigenvalue weighted by Crippen LogP contribution is 2.21. The standard InChI is InChI=1S/C17H19ClO2/c1-14-12-16(18)8-9-17(14)20-11-5-10-19-13-15-6-3-2-4-7-15/h2-4,6-9,12H,5,10-11,13H2,1H3. The molecule has 0 bridgehead atoms. The van der Waals surface area contributed by atoms with Crippen LogP contribution in [-0.2, 0) is 11.3 Å². The second-order valence-electron chi connectivity index (χ2n) is 4.65. The molecular formula is C17H19ClO2. The van der Waals surface area contributed by atoms with Crippen LogP contribution < -0.4 is 4.74 Å². The number of rotatable bonds is 7. The summed E-state index contributed by atoms with van der Waals surface area (Å²) < 4.78 is 11.3. The Morgan fingerprint density at radius 2 is 1.80 bits per heavy atom. The summed E-state index contributed by atoms with van der Waals surface area (Å²) in [5.74, 6) is 0.887. The zero-order valence-electron chi connectivity index (χ0n) is 11.6. The van der Waals surface area contributed by atoms with Gasteiger partial charge in [-0.1, -0.05) is 41.9 Å². The van der Waals surface area contributed by atoms with Gasteiger partial charge in [0.15, 0.2) is 0 Å². The second kappa shape index (κ2) is 7.93. The van der Waals surface area contributed by atoms with Gasteiger partial charge >= 0.3 is 0 Å². The van der Waals surface area contributed by atoms with Gasteiger partial charge in [-0.05, 0) is 36.2 Å². The van der Waals surface area contributed by atoms with Crippen molar-refractivity contribution in [3.63, 3.8) is 0 Å². The zero-order valence-corrected chi connectivity index (χ0v) is 12.4. The van der Waals surface area contributed by atoms with Crippen molar-refractivity contribution < 1.29 is 9.47 Å². The van der Waals surface area contributed by atoms with Gasteiger partial charge in [0.2, 0.25) is 0 Å². The molecule has 0 aliphatic carbocycles. The van der Waals surface area contributed by atoms with Crippen LogP contribution in [0.2, 0.25) is 5.02 Å². The minimum atomic E-state index is 0.650. The lowest BCUT2D eigenvalue weighted by Gasteiger charge is -2.09. The first-order valence-corrected chi connectivity index (χ1v) is 7.14. The van der Waals surface area contributed by atoms with Crippen molar-refractivity contribution >= 4 is 11.6 Å². The summed E-state index contributed by atoms with van der Waals surface area (Å²) in [6.45, 7) is 3.99. The molecule has 0 unspecified atom stereocenters. The van der Waals surface area contributed by atoms with E-state index in [0.29, 0.717) is 19.8 Å². The maximum atomic E-state index is 5.90. The van der Waals surface area contributed by atoms with E-state index in [9.17, 15) is 0 Å². The van der Waals surface area contributed by atoms with E-state index in [4.69, 9.17) is 21.1 Å². The van der Waals surface area contributed by atoms with Gasteiger partial charge < -0.3 is 9.47 Å². The lowest BCUT2D eigenvalue weighted by molar-refractivity contribution is 0.107. The molecule has 20 heavy (non-hydrogen) atoms. The van der Waals surface area contributed by atoms with Gasteiger partial charge in [-0.2, -0.15) is 0 Å². The van der Waals surface area contributed by atoms with Gasteiger partial charge in [-0.15, -0.1) is 0 Å². The Hall–Kier alpha value is -1.51. The van der Waals surface area contributed by atoms with Gasteiger partial charge in [0.1, 0.15) is 5.75 Å². The lowest BCUT2D eigenvalue weighted by Crippen LogP contribution is -2.04. The number of hydrogen-bond acceptors (Lipinski definition) is 2. The molecule has 0 aliphatic heterocycles. The summed E-state index contributed by atoms with van der Waals surface area (Å²) in [4.78, 5) is 0. The molecular weight excluding hydrogens is 272 g/mol. The lowest BCUT2D eigenvalue weighted by atomic mass is 10.2. The number of hydrogen-bond donors (Lipinski definition) is 0. The van der Waals surface area contributed by atoms with E-state index in [1.165, 1.54) is 5.56 Å². The van der Waals surface area contributed by atoms with Crippen LogP contribution in [0.4, 0.5) is 0 Å². The largest absolute Gasteiger partial charge is 0.493 e. The molecule has 0 saturated heterocycles. The Bertz CT molecular complexity index is 526. The van der Waals surface area contributed by atoms with E-state index >= 15 is 0 Å². The smallest absolute Gasteiger partial charge is 0.122 e. The third-order valence-electron chi connectivity index (χ3n) is 2.94. The number of aryl methyl sites for hydroxylation is 1. The Morgan fingerprint density at radius 3 is 2.55 bits per heavy atom. The average molecular weight is 291 g/mol. The van der Waals surface area contributed by atoms with E-state index in [1.807, 2.05) is 43.3 Å². The molecule has 0 aliphatic rings. The SMILES string of the molecule is Cc1cc(Cl)ccc1OCCCOCc1ccccc1. The summed E-state index contributed by atoms with van der Waals surface area (Å²) in [5.41, 5.74) is 2.25. The van der Waals surface area contributed by atoms with Gasteiger partial charge in [0.25, 0.3) is 0 Å². The Balaban J connectivity index is 1.62. The van der Waals surface area contributed by atoms with Crippen LogP contribution in [0, 0.1) is 6.92 Å². The number of benzene rings is 2. The molecule has 0 saturated carbocycles. The summed E-state index contributed by atoms with van der Waals surface area (Å²) >= 11 is 5.90. The predicted octanol–water partition coefficient (Wildman–Crippen LogP) is 4.63. The maximum Gasteiger partial charge on any atom is 0.122 e. The van der Waals surface area contributed by atoms with Crippen LogP contribution in [0.15, 0.2) is 48.5 Å². The van der Waals surface area contributed by atoms with Crippen molar-refractivity contribution in [1.29, 1.82) is 0 Å². The summed E-state index contributed by atoms with van der Waals surface area (Å²) in [7, 11) is 0. The van der Waals surface area contributed by atoms with E-state index in [2.05, 4.69) is 12.1 Å². The van der Waals surface area contributed by atoms with Gasteiger partial charge in [0.05, 0.1) is 19.8 Å². The first-order chi connectivity index (χ1) is 9.75. The fourth-order valence-corrected chi connectivity index (χ4v) is 2.11. The molecule has 0 heterocycles. The zero-order chi connectivity index (χ0) is 14.2. The molecule has 106 valence electrons. The van der Waals surface area contributed by atoms with Crippen molar-refractivity contribution in [2.75, 3.05) is 13.2 Å². The van der Waals surface area contributed by atoms with Gasteiger partial charge in [0, 0.05) is 11.4 Å². The van der Waals surface area contributed by atoms with E-state index in [1.54, 1.807) is 0 Å². The average Bonchev–Trinajstić information content (AvgIpc) is 2.46. The Labute approximate surface area is 125 Å². The van der Waals surface area contributed by atoms with Crippen molar-refractivity contribution in [3.8, 4) is 5.75 Å². The fourth-order valence-electron chi connectivity index (χ4n) is 1.88. The molecule has 0 aromatic heterocycles. The molecule has 2 rings (SSSR count). The van der Waals surface area contributed by atoms with E-state index in [-0.39, 0.29) is 0 Å². The molecule has 3 heteroatoms. The van der Waals surface area contributed by atoms with Crippen LogP contribution in [0.25, 0.3) is 0 Å². The van der Waals surface area contributed by atoms with Crippen molar-refractivity contribution in [2.24, 2.45) is 0 Å².